The molecule has 1 saturated heterocycles. The molecule has 210 valence electrons. The van der Waals surface area contributed by atoms with Gasteiger partial charge in [-0.15, -0.1) is 0 Å². The number of benzene rings is 1. The van der Waals surface area contributed by atoms with Crippen molar-refractivity contribution < 1.29 is 37.2 Å². The van der Waals surface area contributed by atoms with E-state index in [-0.39, 0.29) is 35.7 Å². The molecule has 1 aliphatic heterocycles. The first-order chi connectivity index (χ1) is 18.7. The number of aromatic nitrogens is 3. The predicted octanol–water partition coefficient (Wildman–Crippen LogP) is 5.68. The highest BCUT2D eigenvalue weighted by molar-refractivity contribution is 5.67. The average Bonchev–Trinajstić information content (AvgIpc) is 3.57. The van der Waals surface area contributed by atoms with Gasteiger partial charge in [-0.25, -0.2) is 0 Å². The Kier molecular flexibility index (Phi) is 8.03. The third-order valence-electron chi connectivity index (χ3n) is 7.66. The van der Waals surface area contributed by atoms with E-state index < -0.39 is 29.5 Å². The number of aliphatic hydroxyl groups excluding tert-OH is 1. The molecule has 0 bridgehead atoms. The van der Waals surface area contributed by atoms with E-state index in [1.54, 1.807) is 24.3 Å². The number of piperidine rings is 1. The number of β-amino-alcohol motifs (C(OH)–C–C–N with tert-alkyl or cyclic N) is 1. The zero-order chi connectivity index (χ0) is 27.6. The molecular weight excluding hydrogens is 517 g/mol. The normalized spacial score (nSPS) is 20.3. The van der Waals surface area contributed by atoms with Gasteiger partial charge in [-0.1, -0.05) is 53.8 Å². The molecule has 2 fully saturated rings. The van der Waals surface area contributed by atoms with Gasteiger partial charge >= 0.3 is 12.1 Å². The Morgan fingerprint density at radius 2 is 1.79 bits per heavy atom. The molecule has 9 nitrogen and oxygen atoms in total. The fraction of sp³-hybridized carbons (Fsp3) is 0.556. The molecule has 0 unspecified atom stereocenters. The maximum Gasteiger partial charge on any atom is 0.422 e. The highest BCUT2D eigenvalue weighted by Gasteiger charge is 2.44. The van der Waals surface area contributed by atoms with Gasteiger partial charge in [-0.3, -0.25) is 4.79 Å². The first kappa shape index (κ1) is 27.3. The van der Waals surface area contributed by atoms with Gasteiger partial charge in [-0.05, 0) is 43.7 Å². The summed E-state index contributed by atoms with van der Waals surface area (Å²) in [4.78, 5) is 17.3. The largest absolute Gasteiger partial charge is 0.481 e. The number of carbonyl (C=O) groups is 1. The van der Waals surface area contributed by atoms with Crippen LogP contribution < -0.4 is 0 Å². The molecule has 5 rings (SSSR count). The van der Waals surface area contributed by atoms with Crippen LogP contribution in [-0.2, 0) is 11.0 Å². The molecule has 39 heavy (non-hydrogen) atoms. The number of aliphatic hydroxyl groups is 1. The van der Waals surface area contributed by atoms with E-state index in [0.717, 1.165) is 38.6 Å². The van der Waals surface area contributed by atoms with Crippen molar-refractivity contribution in [3.05, 3.63) is 41.2 Å². The van der Waals surface area contributed by atoms with E-state index in [4.69, 9.17) is 14.2 Å². The number of rotatable bonds is 8. The lowest BCUT2D eigenvalue weighted by Gasteiger charge is -2.33. The van der Waals surface area contributed by atoms with Gasteiger partial charge < -0.3 is 24.2 Å². The maximum atomic E-state index is 14.0. The highest BCUT2D eigenvalue weighted by atomic mass is 19.4. The molecule has 1 aromatic carbocycles. The van der Waals surface area contributed by atoms with Crippen molar-refractivity contribution in [2.45, 2.75) is 69.6 Å². The number of halogens is 3. The summed E-state index contributed by atoms with van der Waals surface area (Å²) in [6.07, 6.45) is 0.309. The number of hydrogen-bond acceptors (Lipinski definition) is 8. The molecule has 0 radical (unpaired) electrons. The molecule has 3 heterocycles. The Morgan fingerprint density at radius 1 is 1.05 bits per heavy atom. The van der Waals surface area contributed by atoms with E-state index in [1.807, 2.05) is 0 Å². The molecule has 1 saturated carbocycles. The number of aliphatic carboxylic acids is 1. The van der Waals surface area contributed by atoms with Crippen LogP contribution in [0.15, 0.2) is 33.3 Å². The topological polar surface area (TPSA) is 126 Å². The summed E-state index contributed by atoms with van der Waals surface area (Å²) in [5.41, 5.74) is -0.302. The minimum absolute atomic E-state index is 0.0691. The van der Waals surface area contributed by atoms with Crippen molar-refractivity contribution in [1.82, 2.24) is 20.2 Å². The van der Waals surface area contributed by atoms with Crippen molar-refractivity contribution in [2.75, 3.05) is 19.6 Å². The Hall–Kier alpha value is -3.25. The van der Waals surface area contributed by atoms with Crippen LogP contribution in [0.5, 0.6) is 0 Å². The van der Waals surface area contributed by atoms with Crippen LogP contribution in [0.25, 0.3) is 23.0 Å². The summed E-state index contributed by atoms with van der Waals surface area (Å²) >= 11 is 0. The maximum absolute atomic E-state index is 14.0. The quantitative estimate of drug-likeness (QED) is 0.366. The third kappa shape index (κ3) is 6.33. The first-order valence-electron chi connectivity index (χ1n) is 13.3. The number of hydrogen-bond donors (Lipinski definition) is 2. The molecule has 0 spiro atoms. The fourth-order valence-electron chi connectivity index (χ4n) is 5.74. The number of carboxylic acid groups (broad SMARTS) is 1. The zero-order valence-corrected chi connectivity index (χ0v) is 21.4. The average molecular weight is 549 g/mol. The molecule has 1 aliphatic carbocycles. The second kappa shape index (κ2) is 11.5. The minimum Gasteiger partial charge on any atom is -0.481 e. The van der Waals surface area contributed by atoms with Gasteiger partial charge in [0, 0.05) is 31.0 Å². The number of nitrogens with zero attached hydrogens (tertiary/aromatic N) is 4. The van der Waals surface area contributed by atoms with Gasteiger partial charge in [0.15, 0.2) is 11.5 Å². The van der Waals surface area contributed by atoms with Crippen LogP contribution in [0.2, 0.25) is 0 Å². The summed E-state index contributed by atoms with van der Waals surface area (Å²) in [5.74, 6) is -1.53. The standard InChI is InChI=1S/C27H31F3N4O5/c28-27(29,30)22-23(32-38-24(22)18-6-2-1-3-7-18)26-31-25(33-39-26)19-10-8-17(9-11-19)20(35)15-34-12-4-5-16(14-34)13-21(36)37/h8-11,16,18,20,35H,1-7,12-15H2,(H,36,37)/t16-,20+/m1/s1. The molecule has 2 aromatic heterocycles. The van der Waals surface area contributed by atoms with Crippen LogP contribution in [0.1, 0.15) is 80.3 Å². The predicted molar refractivity (Wildman–Crippen MR) is 132 cm³/mol. The van der Waals surface area contributed by atoms with Gasteiger partial charge in [-0.2, -0.15) is 18.2 Å². The SMILES string of the molecule is O=C(O)C[C@H]1CCCN(C[C@H](O)c2ccc(-c3noc(-c4noc(C5CCCCC5)c4C(F)(F)F)n3)cc2)C1. The molecule has 2 atom stereocenters. The Labute approximate surface area is 223 Å². The van der Waals surface area contributed by atoms with Crippen LogP contribution in [0.4, 0.5) is 13.2 Å². The van der Waals surface area contributed by atoms with Crippen molar-refractivity contribution >= 4 is 5.97 Å². The molecule has 3 aromatic rings. The number of alkyl halides is 3. The Balaban J connectivity index is 1.29. The van der Waals surface area contributed by atoms with Gasteiger partial charge in [0.2, 0.25) is 5.82 Å². The van der Waals surface area contributed by atoms with Crippen LogP contribution in [-0.4, -0.2) is 56.0 Å². The Morgan fingerprint density at radius 3 is 2.49 bits per heavy atom. The lowest BCUT2D eigenvalue weighted by molar-refractivity contribution is -0.139. The number of likely N-dealkylation sites (tertiary alicyclic amines) is 1. The lowest BCUT2D eigenvalue weighted by atomic mass is 9.85. The second-order valence-electron chi connectivity index (χ2n) is 10.5. The molecule has 0 amide bonds. The lowest BCUT2D eigenvalue weighted by Crippen LogP contribution is -2.38. The van der Waals surface area contributed by atoms with E-state index in [2.05, 4.69) is 20.2 Å². The van der Waals surface area contributed by atoms with Crippen LogP contribution in [0, 0.1) is 5.92 Å². The summed E-state index contributed by atoms with van der Waals surface area (Å²) in [5, 5.41) is 27.3. The van der Waals surface area contributed by atoms with Crippen molar-refractivity contribution in [3.8, 4) is 23.0 Å². The highest BCUT2D eigenvalue weighted by Crippen LogP contribution is 2.45. The first-order valence-corrected chi connectivity index (χ1v) is 13.3. The number of carboxylic acids is 1. The van der Waals surface area contributed by atoms with Gasteiger partial charge in [0.05, 0.1) is 6.10 Å². The molecule has 2 aliphatic rings. The fourth-order valence-corrected chi connectivity index (χ4v) is 5.74. The van der Waals surface area contributed by atoms with E-state index in [9.17, 15) is 23.1 Å². The van der Waals surface area contributed by atoms with Gasteiger partial charge in [0.1, 0.15) is 5.56 Å². The van der Waals surface area contributed by atoms with Crippen molar-refractivity contribution in [3.63, 3.8) is 0 Å². The van der Waals surface area contributed by atoms with Crippen LogP contribution in [0.3, 0.4) is 0 Å². The zero-order valence-electron chi connectivity index (χ0n) is 21.4. The monoisotopic (exact) mass is 548 g/mol. The molecular formula is C27H31F3N4O5. The van der Waals surface area contributed by atoms with E-state index >= 15 is 0 Å². The summed E-state index contributed by atoms with van der Waals surface area (Å²) < 4.78 is 52.5. The smallest absolute Gasteiger partial charge is 0.422 e. The molecule has 2 N–H and O–H groups in total. The third-order valence-corrected chi connectivity index (χ3v) is 7.66. The van der Waals surface area contributed by atoms with Crippen LogP contribution >= 0.6 is 0 Å². The second-order valence-corrected chi connectivity index (χ2v) is 10.5. The van der Waals surface area contributed by atoms with E-state index in [1.165, 1.54) is 0 Å². The van der Waals surface area contributed by atoms with Crippen molar-refractivity contribution in [2.24, 2.45) is 5.92 Å². The Bertz CT molecular complexity index is 1270. The summed E-state index contributed by atoms with van der Waals surface area (Å²) in [6.45, 7) is 1.79. The summed E-state index contributed by atoms with van der Waals surface area (Å²) in [7, 11) is 0. The van der Waals surface area contributed by atoms with Crippen molar-refractivity contribution in [1.29, 1.82) is 0 Å². The van der Waals surface area contributed by atoms with Gasteiger partial charge in [0.25, 0.3) is 5.89 Å². The minimum atomic E-state index is -4.68. The summed E-state index contributed by atoms with van der Waals surface area (Å²) in [6, 6.07) is 6.73. The molecule has 12 heteroatoms. The van der Waals surface area contributed by atoms with E-state index in [0.29, 0.717) is 37.1 Å².